The number of nitriles is 1. The Labute approximate surface area is 239 Å². The molecule has 13 heteroatoms. The van der Waals surface area contributed by atoms with Crippen molar-refractivity contribution in [2.75, 3.05) is 25.0 Å². The van der Waals surface area contributed by atoms with Crippen molar-refractivity contribution in [3.8, 4) is 6.07 Å². The normalized spacial score (nSPS) is 17.7. The van der Waals surface area contributed by atoms with E-state index in [0.717, 1.165) is 12.8 Å². The van der Waals surface area contributed by atoms with Crippen LogP contribution in [-0.4, -0.2) is 55.2 Å². The summed E-state index contributed by atoms with van der Waals surface area (Å²) in [4.78, 5) is 29.9. The Kier molecular flexibility index (Phi) is 7.89. The highest BCUT2D eigenvalue weighted by Gasteiger charge is 2.41. The number of ether oxygens (including phenoxy) is 1. The van der Waals surface area contributed by atoms with Crippen LogP contribution in [-0.2, 0) is 21.3 Å². The second-order valence-electron chi connectivity index (χ2n) is 11.7. The molecular weight excluding hydrogens is 549 g/mol. The van der Waals surface area contributed by atoms with Crippen LogP contribution < -0.4 is 15.6 Å². The van der Waals surface area contributed by atoms with Crippen molar-refractivity contribution < 1.29 is 18.1 Å². The SMILES string of the molecule is CC(C)(C)OC(=O)N1CCC(CC#N)(n2nc(Nc3ccc(S(=O)NCC4CC4)c(F)c3)c3c(=O)[nH]ccc32)CC1. The third kappa shape index (κ3) is 6.28. The Morgan fingerprint density at radius 1 is 1.29 bits per heavy atom. The van der Waals surface area contributed by atoms with E-state index in [-0.39, 0.29) is 22.5 Å². The molecule has 1 unspecified atom stereocenters. The number of benzene rings is 1. The third-order valence-corrected chi connectivity index (χ3v) is 8.56. The summed E-state index contributed by atoms with van der Waals surface area (Å²) in [5, 5.41) is 17.8. The molecule has 1 atom stereocenters. The molecule has 1 aliphatic carbocycles. The number of halogens is 1. The van der Waals surface area contributed by atoms with Gasteiger partial charge in [0.1, 0.15) is 27.8 Å². The summed E-state index contributed by atoms with van der Waals surface area (Å²) in [7, 11) is -1.67. The summed E-state index contributed by atoms with van der Waals surface area (Å²) in [5.41, 5.74) is -0.956. The summed E-state index contributed by atoms with van der Waals surface area (Å²) >= 11 is 0. The van der Waals surface area contributed by atoms with Gasteiger partial charge in [0.15, 0.2) is 5.82 Å². The second kappa shape index (κ2) is 11.3. The number of hydrogen-bond donors (Lipinski definition) is 3. The minimum atomic E-state index is -1.67. The van der Waals surface area contributed by atoms with Crippen LogP contribution in [0.25, 0.3) is 10.9 Å². The number of fused-ring (bicyclic) bond motifs is 1. The number of H-pyrrole nitrogens is 1. The van der Waals surface area contributed by atoms with Crippen LogP contribution in [0.3, 0.4) is 0 Å². The molecular formula is C28H34FN7O4S. The molecule has 2 fully saturated rings. The van der Waals surface area contributed by atoms with Gasteiger partial charge < -0.3 is 19.9 Å². The summed E-state index contributed by atoms with van der Waals surface area (Å²) in [6, 6.07) is 8.22. The van der Waals surface area contributed by atoms with Crippen LogP contribution in [0, 0.1) is 23.1 Å². The van der Waals surface area contributed by atoms with Crippen LogP contribution in [0.5, 0.6) is 0 Å². The number of piperidine rings is 1. The molecule has 0 bridgehead atoms. The first kappa shape index (κ1) is 28.8. The number of aromatic amines is 1. The Bertz CT molecular complexity index is 1580. The van der Waals surface area contributed by atoms with E-state index < -0.39 is 39.6 Å². The number of hydrogen-bond acceptors (Lipinski definition) is 7. The molecule has 2 aromatic heterocycles. The molecule has 41 heavy (non-hydrogen) atoms. The molecule has 0 radical (unpaired) electrons. The number of nitrogens with zero attached hydrogens (tertiary/aromatic N) is 4. The first-order chi connectivity index (χ1) is 19.5. The van der Waals surface area contributed by atoms with E-state index in [4.69, 9.17) is 9.84 Å². The number of amides is 1. The van der Waals surface area contributed by atoms with Gasteiger partial charge in [0.25, 0.3) is 5.56 Å². The maximum absolute atomic E-state index is 15.0. The monoisotopic (exact) mass is 583 g/mol. The molecule has 3 heterocycles. The van der Waals surface area contributed by atoms with Crippen LogP contribution in [0.2, 0.25) is 0 Å². The second-order valence-corrected chi connectivity index (χ2v) is 13.0. The van der Waals surface area contributed by atoms with Crippen LogP contribution in [0.1, 0.15) is 52.9 Å². The van der Waals surface area contributed by atoms with Crippen LogP contribution >= 0.6 is 0 Å². The Morgan fingerprint density at radius 3 is 2.66 bits per heavy atom. The topological polar surface area (TPSA) is 145 Å². The van der Waals surface area contributed by atoms with Crippen molar-refractivity contribution in [1.29, 1.82) is 5.26 Å². The lowest BCUT2D eigenvalue weighted by Crippen LogP contribution is -2.49. The lowest BCUT2D eigenvalue weighted by molar-refractivity contribution is 0.0110. The lowest BCUT2D eigenvalue weighted by atomic mass is 9.85. The summed E-state index contributed by atoms with van der Waals surface area (Å²) in [6.07, 6.45) is 4.24. The van der Waals surface area contributed by atoms with E-state index in [9.17, 15) is 23.5 Å². The predicted octanol–water partition coefficient (Wildman–Crippen LogP) is 4.27. The molecule has 2 aliphatic rings. The third-order valence-electron chi connectivity index (χ3n) is 7.40. The zero-order valence-electron chi connectivity index (χ0n) is 23.3. The minimum Gasteiger partial charge on any atom is -0.444 e. The maximum atomic E-state index is 15.0. The number of likely N-dealkylation sites (tertiary alicyclic amines) is 1. The highest BCUT2D eigenvalue weighted by atomic mass is 32.2. The molecule has 5 rings (SSSR count). The van der Waals surface area contributed by atoms with Crippen molar-refractivity contribution in [2.24, 2.45) is 5.92 Å². The molecule has 1 aromatic carbocycles. The Morgan fingerprint density at radius 2 is 2.02 bits per heavy atom. The Hall–Kier alpha value is -3.76. The molecule has 3 aromatic rings. The van der Waals surface area contributed by atoms with Gasteiger partial charge in [-0.15, -0.1) is 0 Å². The van der Waals surface area contributed by atoms with Gasteiger partial charge in [0.05, 0.1) is 28.4 Å². The van der Waals surface area contributed by atoms with Crippen molar-refractivity contribution >= 4 is 39.5 Å². The van der Waals surface area contributed by atoms with Crippen LogP contribution in [0.4, 0.5) is 20.7 Å². The highest BCUT2D eigenvalue weighted by Crippen LogP contribution is 2.38. The molecule has 1 amide bonds. The fourth-order valence-corrected chi connectivity index (χ4v) is 6.00. The molecule has 1 saturated carbocycles. The van der Waals surface area contributed by atoms with Gasteiger partial charge in [-0.25, -0.2) is 18.1 Å². The fraction of sp³-hybridized carbons (Fsp3) is 0.500. The first-order valence-electron chi connectivity index (χ1n) is 13.7. The number of aromatic nitrogens is 3. The molecule has 1 saturated heterocycles. The van der Waals surface area contributed by atoms with E-state index in [1.165, 1.54) is 18.3 Å². The zero-order chi connectivity index (χ0) is 29.4. The summed E-state index contributed by atoms with van der Waals surface area (Å²) < 4.78 is 37.5. The minimum absolute atomic E-state index is 0.0501. The van der Waals surface area contributed by atoms with Gasteiger partial charge in [-0.3, -0.25) is 9.48 Å². The van der Waals surface area contributed by atoms with E-state index in [0.29, 0.717) is 49.6 Å². The zero-order valence-corrected chi connectivity index (χ0v) is 24.1. The van der Waals surface area contributed by atoms with Gasteiger partial charge in [-0.05, 0) is 76.6 Å². The van der Waals surface area contributed by atoms with E-state index >= 15 is 0 Å². The fourth-order valence-electron chi connectivity index (χ4n) is 5.03. The van der Waals surface area contributed by atoms with Gasteiger partial charge in [0, 0.05) is 31.5 Å². The highest BCUT2D eigenvalue weighted by molar-refractivity contribution is 7.83. The van der Waals surface area contributed by atoms with Crippen molar-refractivity contribution in [1.82, 2.24) is 24.4 Å². The largest absolute Gasteiger partial charge is 0.444 e. The van der Waals surface area contributed by atoms with Gasteiger partial charge >= 0.3 is 6.09 Å². The van der Waals surface area contributed by atoms with Gasteiger partial charge in [-0.1, -0.05) is 0 Å². The van der Waals surface area contributed by atoms with Crippen molar-refractivity contribution in [3.63, 3.8) is 0 Å². The number of rotatable bonds is 8. The van der Waals surface area contributed by atoms with Crippen LogP contribution in [0.15, 0.2) is 40.2 Å². The van der Waals surface area contributed by atoms with Crippen molar-refractivity contribution in [2.45, 2.75) is 68.9 Å². The number of anilines is 2. The average molecular weight is 584 g/mol. The van der Waals surface area contributed by atoms with E-state index in [2.05, 4.69) is 21.1 Å². The summed E-state index contributed by atoms with van der Waals surface area (Å²) in [5.74, 6) is 0.0527. The number of pyridine rings is 1. The smallest absolute Gasteiger partial charge is 0.410 e. The number of carbonyl (C=O) groups excluding carboxylic acids is 1. The first-order valence-corrected chi connectivity index (χ1v) is 14.8. The van der Waals surface area contributed by atoms with Crippen molar-refractivity contribution in [3.05, 3.63) is 46.6 Å². The molecule has 0 spiro atoms. The number of carbonyl (C=O) groups is 1. The molecule has 3 N–H and O–H groups in total. The van der Waals surface area contributed by atoms with Gasteiger partial charge in [0.2, 0.25) is 0 Å². The standard InChI is InChI=1S/C28H34FN7O4S/c1-27(2,3)40-26(38)35-14-10-28(9-12-30,11-15-35)36-21-8-13-31-25(37)23(21)24(34-36)33-19-6-7-22(20(29)16-19)41(39)32-17-18-4-5-18/h6-8,13,16,18,32H,4-5,9-11,14-15,17H2,1-3H3,(H,31,37)(H,33,34). The molecule has 11 nitrogen and oxygen atoms in total. The number of nitrogens with one attached hydrogen (secondary N) is 3. The summed E-state index contributed by atoms with van der Waals surface area (Å²) in [6.45, 7) is 6.70. The quantitative estimate of drug-likeness (QED) is 0.359. The van der Waals surface area contributed by atoms with E-state index in [1.54, 1.807) is 21.7 Å². The Balaban J connectivity index is 1.43. The van der Waals surface area contributed by atoms with Gasteiger partial charge in [-0.2, -0.15) is 10.4 Å². The maximum Gasteiger partial charge on any atom is 0.410 e. The molecule has 218 valence electrons. The predicted molar refractivity (Wildman–Crippen MR) is 152 cm³/mol. The average Bonchev–Trinajstić information content (AvgIpc) is 3.67. The van der Waals surface area contributed by atoms with E-state index in [1.807, 2.05) is 20.8 Å². The molecule has 1 aliphatic heterocycles. The lowest BCUT2D eigenvalue weighted by Gasteiger charge is -2.41.